The summed E-state index contributed by atoms with van der Waals surface area (Å²) in [6.45, 7) is 3.78. The zero-order valence-corrected chi connectivity index (χ0v) is 10.3. The van der Waals surface area contributed by atoms with E-state index in [1.165, 1.54) is 0 Å². The molecule has 0 heterocycles. The normalized spacial score (nSPS) is 22.2. The van der Waals surface area contributed by atoms with Gasteiger partial charge in [0.25, 0.3) is 0 Å². The van der Waals surface area contributed by atoms with Crippen LogP contribution >= 0.6 is 12.4 Å². The molecule has 0 aliphatic heterocycles. The second-order valence-electron chi connectivity index (χ2n) is 4.03. The summed E-state index contributed by atoms with van der Waals surface area (Å²) in [5, 5.41) is 18.2. The Kier molecular flexibility index (Phi) is 5.72. The molecule has 1 aliphatic carbocycles. The molecule has 1 unspecified atom stereocenters. The van der Waals surface area contributed by atoms with Gasteiger partial charge in [-0.3, -0.25) is 4.79 Å². The molecule has 0 fully saturated rings. The molecule has 0 saturated heterocycles. The number of carboxylic acid groups (broad SMARTS) is 1. The Bertz CT molecular complexity index is 336. The highest BCUT2D eigenvalue weighted by Gasteiger charge is 2.20. The van der Waals surface area contributed by atoms with Crippen LogP contribution in [0.15, 0.2) is 22.8 Å². The molecule has 1 rings (SSSR count). The van der Waals surface area contributed by atoms with Crippen molar-refractivity contribution in [3.63, 3.8) is 0 Å². The van der Waals surface area contributed by atoms with Crippen LogP contribution in [0.5, 0.6) is 0 Å². The molecule has 0 saturated carbocycles. The molecular weight excluding hydrogens is 230 g/mol. The fourth-order valence-electron chi connectivity index (χ4n) is 1.86. The Morgan fingerprint density at radius 2 is 2.19 bits per heavy atom. The Morgan fingerprint density at radius 1 is 1.62 bits per heavy atom. The average molecular weight is 248 g/mol. The third-order valence-corrected chi connectivity index (χ3v) is 2.69. The molecule has 16 heavy (non-hydrogen) atoms. The molecule has 0 bridgehead atoms. The molecule has 5 heteroatoms. The number of aliphatic hydroxyl groups excluding tert-OH is 1. The van der Waals surface area contributed by atoms with E-state index in [4.69, 9.17) is 10.8 Å². The molecule has 0 aromatic carbocycles. The molecule has 2 atom stereocenters. The van der Waals surface area contributed by atoms with Gasteiger partial charge in [-0.25, -0.2) is 0 Å². The standard InChI is InChI=1S/C11H17NO3.ClH/c1-6-3-8(13)4-7(2)9(6)5-10(12)11(14)15;/h3,8,10,13H,4-5,12H2,1-2H3,(H,14,15);1H/t8?,10-;/m0./s1. The molecule has 92 valence electrons. The molecule has 0 amide bonds. The Balaban J connectivity index is 0.00000225. The molecule has 4 nitrogen and oxygen atoms in total. The van der Waals surface area contributed by atoms with Crippen molar-refractivity contribution in [1.82, 2.24) is 0 Å². The van der Waals surface area contributed by atoms with E-state index in [9.17, 15) is 9.90 Å². The summed E-state index contributed by atoms with van der Waals surface area (Å²) < 4.78 is 0. The van der Waals surface area contributed by atoms with Crippen molar-refractivity contribution >= 4 is 18.4 Å². The first-order valence-corrected chi connectivity index (χ1v) is 4.95. The van der Waals surface area contributed by atoms with Crippen LogP contribution in [0.25, 0.3) is 0 Å². The lowest BCUT2D eigenvalue weighted by Crippen LogP contribution is -2.31. The van der Waals surface area contributed by atoms with Crippen molar-refractivity contribution in [3.05, 3.63) is 22.8 Å². The summed E-state index contributed by atoms with van der Waals surface area (Å²) in [5.41, 5.74) is 8.41. The van der Waals surface area contributed by atoms with E-state index in [-0.39, 0.29) is 12.4 Å². The quantitative estimate of drug-likeness (QED) is 0.701. The van der Waals surface area contributed by atoms with Gasteiger partial charge in [0.2, 0.25) is 0 Å². The second-order valence-corrected chi connectivity index (χ2v) is 4.03. The van der Waals surface area contributed by atoms with Gasteiger partial charge in [0, 0.05) is 0 Å². The monoisotopic (exact) mass is 247 g/mol. The number of hydrogen-bond donors (Lipinski definition) is 3. The van der Waals surface area contributed by atoms with E-state index < -0.39 is 18.1 Å². The Morgan fingerprint density at radius 3 is 2.62 bits per heavy atom. The van der Waals surface area contributed by atoms with Crippen LogP contribution in [-0.2, 0) is 4.79 Å². The molecule has 0 spiro atoms. The maximum atomic E-state index is 10.6. The molecule has 0 radical (unpaired) electrons. The van der Waals surface area contributed by atoms with Crippen LogP contribution in [0.2, 0.25) is 0 Å². The minimum Gasteiger partial charge on any atom is -0.480 e. The number of aliphatic carboxylic acids is 1. The molecule has 4 N–H and O–H groups in total. The Labute approximate surface area is 101 Å². The summed E-state index contributed by atoms with van der Waals surface area (Å²) in [5.74, 6) is -0.991. The molecule has 0 aromatic rings. The van der Waals surface area contributed by atoms with Gasteiger partial charge < -0.3 is 15.9 Å². The summed E-state index contributed by atoms with van der Waals surface area (Å²) in [7, 11) is 0. The largest absolute Gasteiger partial charge is 0.480 e. The van der Waals surface area contributed by atoms with Crippen molar-refractivity contribution < 1.29 is 15.0 Å². The third kappa shape index (κ3) is 3.63. The van der Waals surface area contributed by atoms with Gasteiger partial charge in [-0.2, -0.15) is 0 Å². The Hall–Kier alpha value is -0.840. The van der Waals surface area contributed by atoms with Gasteiger partial charge in [0.05, 0.1) is 6.10 Å². The van der Waals surface area contributed by atoms with Crippen LogP contribution in [0.1, 0.15) is 26.7 Å². The van der Waals surface area contributed by atoms with E-state index in [0.29, 0.717) is 12.8 Å². The van der Waals surface area contributed by atoms with Crippen molar-refractivity contribution in [3.8, 4) is 0 Å². The summed E-state index contributed by atoms with van der Waals surface area (Å²) in [4.78, 5) is 10.6. The first kappa shape index (κ1) is 15.2. The van der Waals surface area contributed by atoms with Crippen molar-refractivity contribution in [2.45, 2.75) is 38.8 Å². The lowest BCUT2D eigenvalue weighted by atomic mass is 9.87. The van der Waals surface area contributed by atoms with E-state index in [2.05, 4.69) is 0 Å². The number of halogens is 1. The summed E-state index contributed by atoms with van der Waals surface area (Å²) >= 11 is 0. The number of rotatable bonds is 3. The van der Waals surface area contributed by atoms with E-state index in [0.717, 1.165) is 16.7 Å². The topological polar surface area (TPSA) is 83.5 Å². The van der Waals surface area contributed by atoms with Crippen LogP contribution in [0.3, 0.4) is 0 Å². The number of hydrogen-bond acceptors (Lipinski definition) is 3. The summed E-state index contributed by atoms with van der Waals surface area (Å²) in [6, 6.07) is -0.867. The van der Waals surface area contributed by atoms with Crippen LogP contribution < -0.4 is 5.73 Å². The second kappa shape index (κ2) is 6.03. The number of aliphatic hydroxyl groups is 1. The van der Waals surface area contributed by atoms with Gasteiger partial charge >= 0.3 is 5.97 Å². The van der Waals surface area contributed by atoms with Crippen molar-refractivity contribution in [2.75, 3.05) is 0 Å². The van der Waals surface area contributed by atoms with Gasteiger partial charge in [0.1, 0.15) is 6.04 Å². The predicted octanol–water partition coefficient (Wildman–Crippen LogP) is 1.24. The lowest BCUT2D eigenvalue weighted by molar-refractivity contribution is -0.138. The minimum absolute atomic E-state index is 0. The summed E-state index contributed by atoms with van der Waals surface area (Å²) in [6.07, 6.45) is 2.20. The maximum absolute atomic E-state index is 10.6. The van der Waals surface area contributed by atoms with Gasteiger partial charge in [-0.15, -0.1) is 12.4 Å². The molecule has 1 aliphatic rings. The lowest BCUT2D eigenvalue weighted by Gasteiger charge is -2.22. The molecular formula is C11H18ClNO3. The predicted molar refractivity (Wildman–Crippen MR) is 64.6 cm³/mol. The van der Waals surface area contributed by atoms with Crippen LogP contribution in [0, 0.1) is 0 Å². The molecule has 0 aromatic heterocycles. The number of carbonyl (C=O) groups is 1. The number of nitrogens with two attached hydrogens (primary N) is 1. The van der Waals surface area contributed by atoms with Gasteiger partial charge in [-0.05, 0) is 37.8 Å². The fraction of sp³-hybridized carbons (Fsp3) is 0.545. The van der Waals surface area contributed by atoms with Crippen LogP contribution in [-0.4, -0.2) is 28.3 Å². The van der Waals surface area contributed by atoms with Crippen LogP contribution in [0.4, 0.5) is 0 Å². The smallest absolute Gasteiger partial charge is 0.320 e. The highest BCUT2D eigenvalue weighted by Crippen LogP contribution is 2.28. The maximum Gasteiger partial charge on any atom is 0.320 e. The zero-order valence-electron chi connectivity index (χ0n) is 9.43. The van der Waals surface area contributed by atoms with Crippen molar-refractivity contribution in [1.29, 1.82) is 0 Å². The first-order valence-electron chi connectivity index (χ1n) is 4.95. The van der Waals surface area contributed by atoms with E-state index in [1.807, 2.05) is 13.8 Å². The van der Waals surface area contributed by atoms with Gasteiger partial charge in [0.15, 0.2) is 0 Å². The first-order chi connectivity index (χ1) is 6.91. The highest BCUT2D eigenvalue weighted by atomic mass is 35.5. The van der Waals surface area contributed by atoms with Gasteiger partial charge in [-0.1, -0.05) is 11.6 Å². The minimum atomic E-state index is -0.991. The van der Waals surface area contributed by atoms with Crippen molar-refractivity contribution in [2.24, 2.45) is 5.73 Å². The van der Waals surface area contributed by atoms with E-state index in [1.54, 1.807) is 6.08 Å². The average Bonchev–Trinajstić information content (AvgIpc) is 2.10. The third-order valence-electron chi connectivity index (χ3n) is 2.69. The zero-order chi connectivity index (χ0) is 11.6. The number of carboxylic acids is 1. The highest BCUT2D eigenvalue weighted by molar-refractivity contribution is 5.85. The SMILES string of the molecule is CC1=CC(O)CC(C)=C1C[C@H](N)C(=O)O.Cl. The van der Waals surface area contributed by atoms with E-state index >= 15 is 0 Å². The number of allylic oxidation sites excluding steroid dienone is 1. The fourth-order valence-corrected chi connectivity index (χ4v) is 1.86.